The second-order valence-electron chi connectivity index (χ2n) is 3.02. The van der Waals surface area contributed by atoms with Crippen LogP contribution in [0.5, 0.6) is 0 Å². The standard InChI is InChI=1S/C10H9N3O/c1-6-12-5-7-3-2-4-8(10(11)14)9(7)13-6/h2-5H,1H3,(H2,11,14). The molecule has 1 aromatic carbocycles. The number of carbonyl (C=O) groups is 1. The summed E-state index contributed by atoms with van der Waals surface area (Å²) in [6.45, 7) is 1.78. The molecule has 14 heavy (non-hydrogen) atoms. The summed E-state index contributed by atoms with van der Waals surface area (Å²) in [4.78, 5) is 19.3. The summed E-state index contributed by atoms with van der Waals surface area (Å²) in [5, 5.41) is 0.826. The molecule has 0 aliphatic carbocycles. The monoisotopic (exact) mass is 187 g/mol. The average Bonchev–Trinajstić information content (AvgIpc) is 2.16. The molecule has 2 rings (SSSR count). The zero-order chi connectivity index (χ0) is 10.1. The SMILES string of the molecule is Cc1ncc2cccc(C(N)=O)c2n1. The van der Waals surface area contributed by atoms with Crippen molar-refractivity contribution in [3.63, 3.8) is 0 Å². The van der Waals surface area contributed by atoms with E-state index in [1.54, 1.807) is 25.3 Å². The summed E-state index contributed by atoms with van der Waals surface area (Å²) in [5.41, 5.74) is 6.29. The summed E-state index contributed by atoms with van der Waals surface area (Å²) in [7, 11) is 0. The van der Waals surface area contributed by atoms with Crippen molar-refractivity contribution in [3.8, 4) is 0 Å². The molecule has 4 nitrogen and oxygen atoms in total. The third kappa shape index (κ3) is 1.31. The highest BCUT2D eigenvalue weighted by Crippen LogP contribution is 2.14. The summed E-state index contributed by atoms with van der Waals surface area (Å²) in [5.74, 6) is 0.167. The highest BCUT2D eigenvalue weighted by molar-refractivity contribution is 6.04. The van der Waals surface area contributed by atoms with Crippen LogP contribution in [0.2, 0.25) is 0 Å². The topological polar surface area (TPSA) is 68.9 Å². The van der Waals surface area contributed by atoms with Crippen LogP contribution in [-0.2, 0) is 0 Å². The number of nitrogens with zero attached hydrogens (tertiary/aromatic N) is 2. The normalized spacial score (nSPS) is 10.4. The summed E-state index contributed by atoms with van der Waals surface area (Å²) in [6, 6.07) is 5.28. The minimum Gasteiger partial charge on any atom is -0.366 e. The number of hydrogen-bond acceptors (Lipinski definition) is 3. The van der Waals surface area contributed by atoms with E-state index in [0.717, 1.165) is 5.39 Å². The number of nitrogens with two attached hydrogens (primary N) is 1. The first-order valence-electron chi connectivity index (χ1n) is 4.20. The minimum atomic E-state index is -0.464. The van der Waals surface area contributed by atoms with Gasteiger partial charge in [0.15, 0.2) is 0 Å². The van der Waals surface area contributed by atoms with Gasteiger partial charge in [-0.2, -0.15) is 0 Å². The van der Waals surface area contributed by atoms with Crippen molar-refractivity contribution in [1.29, 1.82) is 0 Å². The van der Waals surface area contributed by atoms with Gasteiger partial charge < -0.3 is 5.73 Å². The van der Waals surface area contributed by atoms with E-state index in [9.17, 15) is 4.79 Å². The van der Waals surface area contributed by atoms with Crippen LogP contribution in [0, 0.1) is 6.92 Å². The molecule has 0 atom stereocenters. The number of hydrogen-bond donors (Lipinski definition) is 1. The summed E-state index contributed by atoms with van der Waals surface area (Å²) < 4.78 is 0. The Hall–Kier alpha value is -1.97. The second kappa shape index (κ2) is 3.06. The molecule has 70 valence electrons. The molecule has 1 amide bonds. The maximum absolute atomic E-state index is 11.1. The molecule has 2 N–H and O–H groups in total. The molecule has 0 saturated carbocycles. The Labute approximate surface area is 80.8 Å². The van der Waals surface area contributed by atoms with Gasteiger partial charge in [-0.05, 0) is 13.0 Å². The van der Waals surface area contributed by atoms with Gasteiger partial charge in [0.05, 0.1) is 11.1 Å². The molecule has 1 aromatic heterocycles. The number of amides is 1. The number of carbonyl (C=O) groups excluding carboxylic acids is 1. The van der Waals surface area contributed by atoms with Gasteiger partial charge in [-0.15, -0.1) is 0 Å². The molecule has 2 aromatic rings. The third-order valence-corrected chi connectivity index (χ3v) is 2.00. The van der Waals surface area contributed by atoms with E-state index in [-0.39, 0.29) is 0 Å². The number of rotatable bonds is 1. The highest BCUT2D eigenvalue weighted by atomic mass is 16.1. The zero-order valence-corrected chi connectivity index (χ0v) is 7.69. The minimum absolute atomic E-state index is 0.438. The van der Waals surface area contributed by atoms with Crippen molar-refractivity contribution in [2.45, 2.75) is 6.92 Å². The van der Waals surface area contributed by atoms with Crippen molar-refractivity contribution in [2.24, 2.45) is 5.73 Å². The van der Waals surface area contributed by atoms with Crippen LogP contribution in [0.4, 0.5) is 0 Å². The van der Waals surface area contributed by atoms with E-state index in [1.165, 1.54) is 0 Å². The van der Waals surface area contributed by atoms with Crippen molar-refractivity contribution in [2.75, 3.05) is 0 Å². The Morgan fingerprint density at radius 2 is 2.21 bits per heavy atom. The molecule has 0 saturated heterocycles. The van der Waals surface area contributed by atoms with Gasteiger partial charge in [-0.25, -0.2) is 9.97 Å². The van der Waals surface area contributed by atoms with E-state index in [2.05, 4.69) is 9.97 Å². The first kappa shape index (κ1) is 8.62. The van der Waals surface area contributed by atoms with Gasteiger partial charge in [0, 0.05) is 11.6 Å². The molecular formula is C10H9N3O. The van der Waals surface area contributed by atoms with Crippen molar-refractivity contribution in [3.05, 3.63) is 35.8 Å². The molecule has 0 unspecified atom stereocenters. The van der Waals surface area contributed by atoms with Crippen LogP contribution >= 0.6 is 0 Å². The van der Waals surface area contributed by atoms with Crippen molar-refractivity contribution in [1.82, 2.24) is 9.97 Å². The Morgan fingerprint density at radius 1 is 1.43 bits per heavy atom. The van der Waals surface area contributed by atoms with Crippen molar-refractivity contribution < 1.29 is 4.79 Å². The zero-order valence-electron chi connectivity index (χ0n) is 7.69. The number of primary amides is 1. The lowest BCUT2D eigenvalue weighted by Crippen LogP contribution is -2.12. The number of benzene rings is 1. The first-order chi connectivity index (χ1) is 6.68. The van der Waals surface area contributed by atoms with Crippen LogP contribution in [0.15, 0.2) is 24.4 Å². The van der Waals surface area contributed by atoms with E-state index < -0.39 is 5.91 Å². The Bertz CT molecular complexity index is 508. The Balaban J connectivity index is 2.84. The quantitative estimate of drug-likeness (QED) is 0.725. The molecule has 0 aliphatic rings. The van der Waals surface area contributed by atoms with Crippen LogP contribution in [0.1, 0.15) is 16.2 Å². The van der Waals surface area contributed by atoms with Gasteiger partial charge in [-0.1, -0.05) is 12.1 Å². The lowest BCUT2D eigenvalue weighted by molar-refractivity contribution is 0.100. The van der Waals surface area contributed by atoms with E-state index in [1.807, 2.05) is 6.07 Å². The Morgan fingerprint density at radius 3 is 2.93 bits per heavy atom. The van der Waals surface area contributed by atoms with E-state index in [4.69, 9.17) is 5.73 Å². The Kier molecular flexibility index (Phi) is 1.89. The maximum Gasteiger partial charge on any atom is 0.250 e. The molecular weight excluding hydrogens is 178 g/mol. The highest BCUT2D eigenvalue weighted by Gasteiger charge is 2.07. The molecule has 1 heterocycles. The predicted octanol–water partition coefficient (Wildman–Crippen LogP) is 1.04. The largest absolute Gasteiger partial charge is 0.366 e. The molecule has 0 bridgehead atoms. The van der Waals surface area contributed by atoms with Crippen LogP contribution in [0.3, 0.4) is 0 Å². The van der Waals surface area contributed by atoms with Crippen LogP contribution in [-0.4, -0.2) is 15.9 Å². The van der Waals surface area contributed by atoms with Gasteiger partial charge in [0.25, 0.3) is 5.91 Å². The number of aromatic nitrogens is 2. The average molecular weight is 187 g/mol. The molecule has 4 heteroatoms. The van der Waals surface area contributed by atoms with Gasteiger partial charge >= 0.3 is 0 Å². The second-order valence-corrected chi connectivity index (χ2v) is 3.02. The molecule has 0 spiro atoms. The van der Waals surface area contributed by atoms with Crippen LogP contribution in [0.25, 0.3) is 10.9 Å². The van der Waals surface area contributed by atoms with E-state index >= 15 is 0 Å². The fourth-order valence-electron chi connectivity index (χ4n) is 1.34. The molecule has 0 aliphatic heterocycles. The number of fused-ring (bicyclic) bond motifs is 1. The van der Waals surface area contributed by atoms with Gasteiger partial charge in [-0.3, -0.25) is 4.79 Å². The third-order valence-electron chi connectivity index (χ3n) is 2.00. The first-order valence-corrected chi connectivity index (χ1v) is 4.20. The van der Waals surface area contributed by atoms with Gasteiger partial charge in [0.2, 0.25) is 0 Å². The lowest BCUT2D eigenvalue weighted by Gasteiger charge is -2.01. The maximum atomic E-state index is 11.1. The smallest absolute Gasteiger partial charge is 0.250 e. The molecule has 0 radical (unpaired) electrons. The lowest BCUT2D eigenvalue weighted by atomic mass is 10.1. The summed E-state index contributed by atoms with van der Waals surface area (Å²) in [6.07, 6.45) is 1.68. The fourth-order valence-corrected chi connectivity index (χ4v) is 1.34. The predicted molar refractivity (Wildman–Crippen MR) is 52.8 cm³/mol. The van der Waals surface area contributed by atoms with E-state index in [0.29, 0.717) is 16.9 Å². The molecule has 0 fully saturated rings. The summed E-state index contributed by atoms with van der Waals surface area (Å²) >= 11 is 0. The fraction of sp³-hybridized carbons (Fsp3) is 0.100. The van der Waals surface area contributed by atoms with Crippen LogP contribution < -0.4 is 5.73 Å². The van der Waals surface area contributed by atoms with Crippen molar-refractivity contribution >= 4 is 16.8 Å². The number of para-hydroxylation sites is 1. The number of aryl methyl sites for hydroxylation is 1. The van der Waals surface area contributed by atoms with Gasteiger partial charge in [0.1, 0.15) is 5.82 Å².